The first-order valence-electron chi connectivity index (χ1n) is 8.40. The van der Waals surface area contributed by atoms with Crippen LogP contribution in [0, 0.1) is 0 Å². The Bertz CT molecular complexity index is 675. The van der Waals surface area contributed by atoms with Gasteiger partial charge in [-0.1, -0.05) is 30.3 Å². The van der Waals surface area contributed by atoms with Gasteiger partial charge in [0.05, 0.1) is 6.04 Å². The van der Waals surface area contributed by atoms with E-state index in [2.05, 4.69) is 0 Å². The standard InChI is InChI=1S/C18H20N2O5/c21-11-14-7-4-10-19(14)17(23)15-8-9-16(22)20(15)18(24)25-12-13-5-2-1-3-6-13/h1-3,5-6,11,14-15H,4,7-10,12H2/t14-,15-/m0/s1. The lowest BCUT2D eigenvalue weighted by Crippen LogP contribution is -2.50. The Hall–Kier alpha value is -2.70. The zero-order chi connectivity index (χ0) is 17.8. The summed E-state index contributed by atoms with van der Waals surface area (Å²) in [4.78, 5) is 50.6. The summed E-state index contributed by atoms with van der Waals surface area (Å²) in [5, 5.41) is 0. The molecule has 2 heterocycles. The summed E-state index contributed by atoms with van der Waals surface area (Å²) < 4.78 is 5.20. The third-order valence-corrected chi connectivity index (χ3v) is 4.64. The smallest absolute Gasteiger partial charge is 0.417 e. The van der Waals surface area contributed by atoms with E-state index in [1.807, 2.05) is 18.2 Å². The Balaban J connectivity index is 1.67. The SMILES string of the molecule is O=C[C@@H]1CCCN1C(=O)[C@@H]1CCC(=O)N1C(=O)OCc1ccccc1. The molecule has 0 aromatic heterocycles. The highest BCUT2D eigenvalue weighted by molar-refractivity contribution is 6.01. The summed E-state index contributed by atoms with van der Waals surface area (Å²) >= 11 is 0. The average Bonchev–Trinajstić information content (AvgIpc) is 3.26. The predicted octanol–water partition coefficient (Wildman–Crippen LogP) is 1.50. The third kappa shape index (κ3) is 3.55. The first kappa shape index (κ1) is 17.1. The van der Waals surface area contributed by atoms with Gasteiger partial charge in [0.2, 0.25) is 11.8 Å². The zero-order valence-corrected chi connectivity index (χ0v) is 13.8. The Morgan fingerprint density at radius 2 is 1.96 bits per heavy atom. The van der Waals surface area contributed by atoms with Crippen LogP contribution < -0.4 is 0 Å². The molecule has 2 saturated heterocycles. The Morgan fingerprint density at radius 3 is 2.68 bits per heavy atom. The quantitative estimate of drug-likeness (QED) is 0.773. The summed E-state index contributed by atoms with van der Waals surface area (Å²) in [6.45, 7) is 0.505. The van der Waals surface area contributed by atoms with Gasteiger partial charge in [0.1, 0.15) is 18.9 Å². The van der Waals surface area contributed by atoms with Gasteiger partial charge in [-0.15, -0.1) is 0 Å². The molecule has 0 bridgehead atoms. The fourth-order valence-electron chi connectivity index (χ4n) is 3.33. The number of ether oxygens (including phenoxy) is 1. The molecule has 7 nitrogen and oxygen atoms in total. The minimum atomic E-state index is -0.878. The van der Waals surface area contributed by atoms with E-state index in [1.54, 1.807) is 12.1 Å². The second kappa shape index (κ2) is 7.46. The highest BCUT2D eigenvalue weighted by atomic mass is 16.6. The molecule has 0 radical (unpaired) electrons. The molecule has 25 heavy (non-hydrogen) atoms. The molecule has 0 aliphatic carbocycles. The normalized spacial score (nSPS) is 23.0. The maximum absolute atomic E-state index is 12.7. The van der Waals surface area contributed by atoms with E-state index in [0.717, 1.165) is 23.2 Å². The van der Waals surface area contributed by atoms with Gasteiger partial charge in [-0.05, 0) is 24.8 Å². The van der Waals surface area contributed by atoms with Crippen molar-refractivity contribution in [2.24, 2.45) is 0 Å². The van der Waals surface area contributed by atoms with Crippen LogP contribution in [0.2, 0.25) is 0 Å². The maximum atomic E-state index is 12.7. The van der Waals surface area contributed by atoms with Gasteiger partial charge in [-0.2, -0.15) is 0 Å². The molecule has 0 N–H and O–H groups in total. The molecule has 0 spiro atoms. The van der Waals surface area contributed by atoms with Crippen molar-refractivity contribution in [3.8, 4) is 0 Å². The van der Waals surface area contributed by atoms with Crippen LogP contribution in [0.15, 0.2) is 30.3 Å². The number of benzene rings is 1. The lowest BCUT2D eigenvalue weighted by molar-refractivity contribution is -0.141. The molecule has 1 aromatic carbocycles. The van der Waals surface area contributed by atoms with Crippen molar-refractivity contribution in [3.05, 3.63) is 35.9 Å². The van der Waals surface area contributed by atoms with Crippen LogP contribution in [0.4, 0.5) is 4.79 Å². The molecule has 132 valence electrons. The van der Waals surface area contributed by atoms with Crippen molar-refractivity contribution in [2.75, 3.05) is 6.54 Å². The van der Waals surface area contributed by atoms with Gasteiger partial charge < -0.3 is 14.4 Å². The number of nitrogens with zero attached hydrogens (tertiary/aromatic N) is 2. The number of hydrogen-bond acceptors (Lipinski definition) is 5. The van der Waals surface area contributed by atoms with Crippen LogP contribution in [0.3, 0.4) is 0 Å². The molecular formula is C18H20N2O5. The molecule has 2 atom stereocenters. The minimum Gasteiger partial charge on any atom is -0.444 e. The zero-order valence-electron chi connectivity index (χ0n) is 13.8. The number of aldehydes is 1. The van der Waals surface area contributed by atoms with Gasteiger partial charge in [0.25, 0.3) is 0 Å². The number of carbonyl (C=O) groups is 4. The maximum Gasteiger partial charge on any atom is 0.417 e. The van der Waals surface area contributed by atoms with E-state index < -0.39 is 24.1 Å². The molecule has 2 aliphatic rings. The molecule has 2 fully saturated rings. The Kier molecular flexibility index (Phi) is 5.11. The molecule has 7 heteroatoms. The van der Waals surface area contributed by atoms with Gasteiger partial charge >= 0.3 is 6.09 Å². The summed E-state index contributed by atoms with van der Waals surface area (Å²) in [6, 6.07) is 7.76. The first-order chi connectivity index (χ1) is 12.1. The molecular weight excluding hydrogens is 324 g/mol. The number of carbonyl (C=O) groups excluding carboxylic acids is 4. The average molecular weight is 344 g/mol. The van der Waals surface area contributed by atoms with Crippen LogP contribution in [-0.2, 0) is 25.7 Å². The highest BCUT2D eigenvalue weighted by Gasteiger charge is 2.44. The van der Waals surface area contributed by atoms with E-state index in [-0.39, 0.29) is 25.4 Å². The van der Waals surface area contributed by atoms with Crippen molar-refractivity contribution >= 4 is 24.2 Å². The summed E-state index contributed by atoms with van der Waals surface area (Å²) in [6.07, 6.45) is 1.69. The Labute approximate surface area is 145 Å². The second-order valence-electron chi connectivity index (χ2n) is 6.24. The van der Waals surface area contributed by atoms with Crippen LogP contribution >= 0.6 is 0 Å². The van der Waals surface area contributed by atoms with E-state index >= 15 is 0 Å². The third-order valence-electron chi connectivity index (χ3n) is 4.64. The van der Waals surface area contributed by atoms with Gasteiger partial charge in [-0.25, -0.2) is 9.69 Å². The van der Waals surface area contributed by atoms with Crippen molar-refractivity contribution in [1.82, 2.24) is 9.80 Å². The minimum absolute atomic E-state index is 0.0328. The van der Waals surface area contributed by atoms with E-state index in [9.17, 15) is 19.2 Å². The molecule has 3 rings (SSSR count). The van der Waals surface area contributed by atoms with Crippen LogP contribution in [-0.4, -0.2) is 52.6 Å². The highest BCUT2D eigenvalue weighted by Crippen LogP contribution is 2.25. The molecule has 2 aliphatic heterocycles. The Morgan fingerprint density at radius 1 is 1.20 bits per heavy atom. The van der Waals surface area contributed by atoms with Gasteiger partial charge in [0.15, 0.2) is 0 Å². The summed E-state index contributed by atoms with van der Waals surface area (Å²) in [5.74, 6) is -0.768. The van der Waals surface area contributed by atoms with Crippen LogP contribution in [0.5, 0.6) is 0 Å². The van der Waals surface area contributed by atoms with E-state index in [4.69, 9.17) is 4.74 Å². The van der Waals surface area contributed by atoms with Crippen LogP contribution in [0.1, 0.15) is 31.2 Å². The van der Waals surface area contributed by atoms with Gasteiger partial charge in [-0.3, -0.25) is 9.59 Å². The molecule has 3 amide bonds. The number of rotatable bonds is 4. The number of likely N-dealkylation sites (tertiary alicyclic amines) is 2. The van der Waals surface area contributed by atoms with Crippen molar-refractivity contribution < 1.29 is 23.9 Å². The van der Waals surface area contributed by atoms with Crippen molar-refractivity contribution in [2.45, 2.75) is 44.4 Å². The number of hydrogen-bond donors (Lipinski definition) is 0. The van der Waals surface area contributed by atoms with Crippen molar-refractivity contribution in [1.29, 1.82) is 0 Å². The number of amides is 3. The molecule has 0 saturated carbocycles. The van der Waals surface area contributed by atoms with Gasteiger partial charge in [0, 0.05) is 13.0 Å². The van der Waals surface area contributed by atoms with Crippen molar-refractivity contribution in [3.63, 3.8) is 0 Å². The van der Waals surface area contributed by atoms with E-state index in [1.165, 1.54) is 4.90 Å². The molecule has 0 unspecified atom stereocenters. The summed E-state index contributed by atoms with van der Waals surface area (Å²) in [7, 11) is 0. The molecule has 1 aromatic rings. The fourth-order valence-corrected chi connectivity index (χ4v) is 3.33. The largest absolute Gasteiger partial charge is 0.444 e. The lowest BCUT2D eigenvalue weighted by Gasteiger charge is -2.28. The monoisotopic (exact) mass is 344 g/mol. The lowest BCUT2D eigenvalue weighted by atomic mass is 10.1. The number of imide groups is 1. The topological polar surface area (TPSA) is 84.0 Å². The first-order valence-corrected chi connectivity index (χ1v) is 8.40. The summed E-state index contributed by atoms with van der Waals surface area (Å²) in [5.41, 5.74) is 0.797. The van der Waals surface area contributed by atoms with E-state index in [0.29, 0.717) is 13.0 Å². The predicted molar refractivity (Wildman–Crippen MR) is 87.3 cm³/mol. The fraction of sp³-hybridized carbons (Fsp3) is 0.444. The second-order valence-corrected chi connectivity index (χ2v) is 6.24. The van der Waals surface area contributed by atoms with Crippen LogP contribution in [0.25, 0.3) is 0 Å².